The zero-order valence-corrected chi connectivity index (χ0v) is 18.3. The van der Waals surface area contributed by atoms with Gasteiger partial charge < -0.3 is 10.6 Å². The number of nitrogens with one attached hydrogen (secondary N) is 2. The van der Waals surface area contributed by atoms with Gasteiger partial charge >= 0.3 is 0 Å². The monoisotopic (exact) mass is 458 g/mol. The van der Waals surface area contributed by atoms with Gasteiger partial charge in [-0.2, -0.15) is 8.61 Å². The Labute approximate surface area is 176 Å². The summed E-state index contributed by atoms with van der Waals surface area (Å²) >= 11 is 0. The zero-order chi connectivity index (χ0) is 21.9. The molecule has 2 saturated heterocycles. The Bertz CT molecular complexity index is 1020. The fourth-order valence-corrected chi connectivity index (χ4v) is 6.83. The summed E-state index contributed by atoms with van der Waals surface area (Å²) in [7, 11) is -7.41. The molecule has 2 amide bonds. The third kappa shape index (κ3) is 4.82. The maximum atomic E-state index is 12.8. The van der Waals surface area contributed by atoms with E-state index in [2.05, 4.69) is 10.6 Å². The third-order valence-electron chi connectivity index (χ3n) is 5.07. The molecule has 3 rings (SSSR count). The summed E-state index contributed by atoms with van der Waals surface area (Å²) in [4.78, 5) is 24.2. The van der Waals surface area contributed by atoms with E-state index in [1.54, 1.807) is 13.0 Å². The highest BCUT2D eigenvalue weighted by atomic mass is 32.2. The molecule has 0 saturated carbocycles. The van der Waals surface area contributed by atoms with Gasteiger partial charge in [0.1, 0.15) is 6.04 Å². The summed E-state index contributed by atoms with van der Waals surface area (Å²) in [6, 6.07) is 4.93. The molecule has 12 heteroatoms. The van der Waals surface area contributed by atoms with E-state index in [1.165, 1.54) is 22.5 Å². The maximum Gasteiger partial charge on any atom is 0.243 e. The number of hydrogen-bond acceptors (Lipinski definition) is 6. The molecule has 30 heavy (non-hydrogen) atoms. The lowest BCUT2D eigenvalue weighted by atomic mass is 10.2. The van der Waals surface area contributed by atoms with Crippen LogP contribution in [0.3, 0.4) is 0 Å². The Morgan fingerprint density at radius 1 is 1.23 bits per heavy atom. The topological polar surface area (TPSA) is 133 Å². The molecule has 2 aliphatic rings. The number of sulfonamides is 2. The van der Waals surface area contributed by atoms with E-state index < -0.39 is 32.0 Å². The first-order valence-electron chi connectivity index (χ1n) is 9.82. The molecule has 1 unspecified atom stereocenters. The number of rotatable bonds is 7. The lowest BCUT2D eigenvalue weighted by molar-refractivity contribution is -0.122. The predicted molar refractivity (Wildman–Crippen MR) is 111 cm³/mol. The third-order valence-corrected chi connectivity index (χ3v) is 8.99. The normalized spacial score (nSPS) is 21.4. The fourth-order valence-electron chi connectivity index (χ4n) is 3.64. The summed E-state index contributed by atoms with van der Waals surface area (Å²) < 4.78 is 52.8. The van der Waals surface area contributed by atoms with Gasteiger partial charge in [0.25, 0.3) is 0 Å². The molecule has 2 N–H and O–H groups in total. The molecule has 10 nitrogen and oxygen atoms in total. The van der Waals surface area contributed by atoms with Crippen molar-refractivity contribution in [2.45, 2.75) is 37.1 Å². The number of carbonyl (C=O) groups excluding carboxylic acids is 2. The van der Waals surface area contributed by atoms with Crippen LogP contribution in [0.1, 0.15) is 26.2 Å². The Morgan fingerprint density at radius 3 is 2.70 bits per heavy atom. The summed E-state index contributed by atoms with van der Waals surface area (Å²) in [5, 5.41) is 5.22. The molecule has 0 aliphatic carbocycles. The van der Waals surface area contributed by atoms with Crippen LogP contribution in [0.4, 0.5) is 5.69 Å². The van der Waals surface area contributed by atoms with E-state index >= 15 is 0 Å². The van der Waals surface area contributed by atoms with Gasteiger partial charge in [0, 0.05) is 25.3 Å². The number of nitrogens with zero attached hydrogens (tertiary/aromatic N) is 2. The molecule has 2 fully saturated rings. The number of anilines is 1. The van der Waals surface area contributed by atoms with Crippen LogP contribution in [0, 0.1) is 0 Å². The van der Waals surface area contributed by atoms with Gasteiger partial charge in [-0.05, 0) is 37.5 Å². The first-order chi connectivity index (χ1) is 14.1. The van der Waals surface area contributed by atoms with Crippen molar-refractivity contribution in [1.29, 1.82) is 0 Å². The lowest BCUT2D eigenvalue weighted by Crippen LogP contribution is -2.49. The summed E-state index contributed by atoms with van der Waals surface area (Å²) in [5.74, 6) is -0.878. The molecule has 0 bridgehead atoms. The molecule has 0 aromatic heterocycles. The number of benzene rings is 1. The molecular formula is C18H26N4O6S2. The molecule has 166 valence electrons. The summed E-state index contributed by atoms with van der Waals surface area (Å²) in [5.41, 5.74) is 0.252. The van der Waals surface area contributed by atoms with Crippen molar-refractivity contribution in [2.75, 3.05) is 37.2 Å². The first-order valence-corrected chi connectivity index (χ1v) is 12.9. The van der Waals surface area contributed by atoms with Gasteiger partial charge in [0.05, 0.1) is 17.2 Å². The van der Waals surface area contributed by atoms with E-state index in [1.807, 2.05) is 0 Å². The standard InChI is InChI=1S/C18H26N4O6S2/c1-2-11-29(25,26)22-9-4-7-16(22)18(24)20-14-5-3-6-15(12-14)30(27,28)21-10-8-19-17(23)13-21/h3,5-6,12,16H,2,4,7-11,13H2,1H3,(H,19,23)(H,20,24). The second-order valence-corrected chi connectivity index (χ2v) is 11.3. The van der Waals surface area contributed by atoms with Crippen molar-refractivity contribution in [3.05, 3.63) is 24.3 Å². The number of piperazine rings is 1. The van der Waals surface area contributed by atoms with Crippen LogP contribution in [-0.2, 0) is 29.6 Å². The van der Waals surface area contributed by atoms with Crippen LogP contribution in [0.2, 0.25) is 0 Å². The van der Waals surface area contributed by atoms with Crippen molar-refractivity contribution in [3.63, 3.8) is 0 Å². The highest BCUT2D eigenvalue weighted by molar-refractivity contribution is 7.89. The molecule has 0 radical (unpaired) electrons. The molecular weight excluding hydrogens is 432 g/mol. The number of hydrogen-bond donors (Lipinski definition) is 2. The van der Waals surface area contributed by atoms with Crippen molar-refractivity contribution >= 4 is 37.5 Å². The number of carbonyl (C=O) groups is 2. The van der Waals surface area contributed by atoms with Gasteiger partial charge in [0.15, 0.2) is 0 Å². The Kier molecular flexibility index (Phi) is 6.80. The minimum atomic E-state index is -3.90. The Morgan fingerprint density at radius 2 is 2.00 bits per heavy atom. The first kappa shape index (κ1) is 22.7. The van der Waals surface area contributed by atoms with Crippen molar-refractivity contribution < 1.29 is 26.4 Å². The summed E-state index contributed by atoms with van der Waals surface area (Å²) in [6.45, 7) is 2.20. The van der Waals surface area contributed by atoms with Crippen LogP contribution in [0.25, 0.3) is 0 Å². The second kappa shape index (κ2) is 9.00. The largest absolute Gasteiger partial charge is 0.354 e. The smallest absolute Gasteiger partial charge is 0.243 e. The van der Waals surface area contributed by atoms with Crippen LogP contribution in [0.5, 0.6) is 0 Å². The van der Waals surface area contributed by atoms with Crippen molar-refractivity contribution in [3.8, 4) is 0 Å². The van der Waals surface area contributed by atoms with Crippen LogP contribution in [0.15, 0.2) is 29.2 Å². The number of amides is 2. The van der Waals surface area contributed by atoms with E-state index in [9.17, 15) is 26.4 Å². The van der Waals surface area contributed by atoms with Crippen molar-refractivity contribution in [2.24, 2.45) is 0 Å². The van der Waals surface area contributed by atoms with Gasteiger partial charge in [-0.1, -0.05) is 13.0 Å². The predicted octanol–water partition coefficient (Wildman–Crippen LogP) is -0.0502. The van der Waals surface area contributed by atoms with Crippen LogP contribution >= 0.6 is 0 Å². The van der Waals surface area contributed by atoms with Gasteiger partial charge in [-0.15, -0.1) is 0 Å². The summed E-state index contributed by atoms with van der Waals surface area (Å²) in [6.07, 6.45) is 1.46. The lowest BCUT2D eigenvalue weighted by Gasteiger charge is -2.26. The minimum absolute atomic E-state index is 0.0199. The van der Waals surface area contributed by atoms with Gasteiger partial charge in [0.2, 0.25) is 31.9 Å². The maximum absolute atomic E-state index is 12.8. The SMILES string of the molecule is CCCS(=O)(=O)N1CCCC1C(=O)Nc1cccc(S(=O)(=O)N2CCNC(=O)C2)c1. The molecule has 2 aliphatic heterocycles. The second-order valence-electron chi connectivity index (χ2n) is 7.29. The highest BCUT2D eigenvalue weighted by Gasteiger charge is 2.38. The van der Waals surface area contributed by atoms with Gasteiger partial charge in [-0.3, -0.25) is 9.59 Å². The fraction of sp³-hybridized carbons (Fsp3) is 0.556. The van der Waals surface area contributed by atoms with E-state index in [0.29, 0.717) is 25.8 Å². The van der Waals surface area contributed by atoms with Crippen LogP contribution in [-0.4, -0.2) is 75.2 Å². The Hall–Kier alpha value is -2.02. The van der Waals surface area contributed by atoms with E-state index in [4.69, 9.17) is 0 Å². The van der Waals surface area contributed by atoms with Crippen molar-refractivity contribution in [1.82, 2.24) is 13.9 Å². The molecule has 1 aromatic rings. The zero-order valence-electron chi connectivity index (χ0n) is 16.7. The highest BCUT2D eigenvalue weighted by Crippen LogP contribution is 2.25. The molecule has 1 aromatic carbocycles. The molecule has 1 atom stereocenters. The average molecular weight is 459 g/mol. The van der Waals surface area contributed by atoms with Crippen LogP contribution < -0.4 is 10.6 Å². The quantitative estimate of drug-likeness (QED) is 0.589. The van der Waals surface area contributed by atoms with E-state index in [-0.39, 0.29) is 41.9 Å². The molecule has 2 heterocycles. The van der Waals surface area contributed by atoms with Gasteiger partial charge in [-0.25, -0.2) is 16.8 Å². The van der Waals surface area contributed by atoms with E-state index in [0.717, 1.165) is 4.31 Å². The minimum Gasteiger partial charge on any atom is -0.354 e. The average Bonchev–Trinajstić information content (AvgIpc) is 3.19. The Balaban J connectivity index is 1.76. The molecule has 0 spiro atoms.